The zero-order valence-corrected chi connectivity index (χ0v) is 20.0. The SMILES string of the molecule is Cc1nc(SCc2cccc(C(=O)Nc3ccc(F)cc3)c2)nc(N2CCN(C)CC2)c1C. The zero-order valence-electron chi connectivity index (χ0n) is 19.1. The highest BCUT2D eigenvalue weighted by molar-refractivity contribution is 7.98. The van der Waals surface area contributed by atoms with Gasteiger partial charge in [0.1, 0.15) is 11.6 Å². The molecular formula is C25H28FN5OS. The second-order valence-electron chi connectivity index (χ2n) is 8.28. The third-order valence-electron chi connectivity index (χ3n) is 5.81. The third kappa shape index (κ3) is 5.89. The highest BCUT2D eigenvalue weighted by Gasteiger charge is 2.19. The van der Waals surface area contributed by atoms with E-state index in [1.165, 1.54) is 12.1 Å². The second-order valence-corrected chi connectivity index (χ2v) is 9.22. The Labute approximate surface area is 198 Å². The molecule has 1 N–H and O–H groups in total. The van der Waals surface area contributed by atoms with Crippen molar-refractivity contribution >= 4 is 29.2 Å². The summed E-state index contributed by atoms with van der Waals surface area (Å²) in [5.74, 6) is 1.11. The minimum atomic E-state index is -0.337. The number of hydrogen-bond donors (Lipinski definition) is 1. The lowest BCUT2D eigenvalue weighted by atomic mass is 10.1. The molecule has 2 heterocycles. The summed E-state index contributed by atoms with van der Waals surface area (Å²) in [7, 11) is 2.14. The van der Waals surface area contributed by atoms with Crippen LogP contribution in [-0.2, 0) is 5.75 Å². The number of piperazine rings is 1. The molecule has 0 radical (unpaired) electrons. The van der Waals surface area contributed by atoms with Crippen LogP contribution in [0, 0.1) is 19.7 Å². The molecule has 0 unspecified atom stereocenters. The number of rotatable bonds is 6. The van der Waals surface area contributed by atoms with Gasteiger partial charge in [0.25, 0.3) is 5.91 Å². The van der Waals surface area contributed by atoms with Crippen LogP contribution >= 0.6 is 11.8 Å². The fraction of sp³-hybridized carbons (Fsp3) is 0.320. The predicted octanol–water partition coefficient (Wildman–Crippen LogP) is 4.53. The predicted molar refractivity (Wildman–Crippen MR) is 132 cm³/mol. The zero-order chi connectivity index (χ0) is 23.4. The highest BCUT2D eigenvalue weighted by Crippen LogP contribution is 2.27. The Bertz CT molecular complexity index is 1130. The number of aromatic nitrogens is 2. The second kappa shape index (κ2) is 10.3. The maximum atomic E-state index is 13.1. The van der Waals surface area contributed by atoms with E-state index in [1.54, 1.807) is 30.0 Å². The monoisotopic (exact) mass is 465 g/mol. The van der Waals surface area contributed by atoms with Crippen LogP contribution in [0.1, 0.15) is 27.2 Å². The average Bonchev–Trinajstić information content (AvgIpc) is 2.82. The Morgan fingerprint density at radius 1 is 1.06 bits per heavy atom. The van der Waals surface area contributed by atoms with Gasteiger partial charge in [0.05, 0.1) is 0 Å². The number of nitrogens with one attached hydrogen (secondary N) is 1. The lowest BCUT2D eigenvalue weighted by molar-refractivity contribution is 0.102. The summed E-state index contributed by atoms with van der Waals surface area (Å²) in [6.45, 7) is 8.09. The first-order valence-corrected chi connectivity index (χ1v) is 11.9. The topological polar surface area (TPSA) is 61.4 Å². The maximum Gasteiger partial charge on any atom is 0.255 e. The molecule has 2 aromatic carbocycles. The molecule has 1 aliphatic rings. The van der Waals surface area contributed by atoms with Gasteiger partial charge in [-0.05, 0) is 62.9 Å². The summed E-state index contributed by atoms with van der Waals surface area (Å²) in [5, 5.41) is 3.54. The van der Waals surface area contributed by atoms with Gasteiger partial charge in [-0.3, -0.25) is 4.79 Å². The van der Waals surface area contributed by atoms with Gasteiger partial charge in [0.2, 0.25) is 0 Å². The summed E-state index contributed by atoms with van der Waals surface area (Å²) in [6, 6.07) is 13.2. The van der Waals surface area contributed by atoms with Crippen molar-refractivity contribution in [3.8, 4) is 0 Å². The summed E-state index contributed by atoms with van der Waals surface area (Å²) in [5.41, 5.74) is 4.24. The Kier molecular flexibility index (Phi) is 7.25. The van der Waals surface area contributed by atoms with Gasteiger partial charge in [-0.1, -0.05) is 23.9 Å². The minimum absolute atomic E-state index is 0.228. The molecule has 0 atom stereocenters. The van der Waals surface area contributed by atoms with Gasteiger partial charge in [0.15, 0.2) is 5.16 Å². The molecule has 1 fully saturated rings. The number of benzene rings is 2. The molecule has 1 saturated heterocycles. The first-order chi connectivity index (χ1) is 15.9. The molecular weight excluding hydrogens is 437 g/mol. The first kappa shape index (κ1) is 23.2. The van der Waals surface area contributed by atoms with Crippen LogP contribution in [0.3, 0.4) is 0 Å². The normalized spacial score (nSPS) is 14.4. The summed E-state index contributed by atoms with van der Waals surface area (Å²) >= 11 is 1.57. The lowest BCUT2D eigenvalue weighted by Gasteiger charge is -2.34. The number of amides is 1. The molecule has 33 heavy (non-hydrogen) atoms. The van der Waals surface area contributed by atoms with E-state index in [0.717, 1.165) is 54.0 Å². The molecule has 1 aliphatic heterocycles. The number of carbonyl (C=O) groups is 1. The number of hydrogen-bond acceptors (Lipinski definition) is 6. The van der Waals surface area contributed by atoms with E-state index in [0.29, 0.717) is 17.0 Å². The van der Waals surface area contributed by atoms with Crippen molar-refractivity contribution in [2.45, 2.75) is 24.8 Å². The van der Waals surface area contributed by atoms with Crippen molar-refractivity contribution in [3.63, 3.8) is 0 Å². The quantitative estimate of drug-likeness (QED) is 0.426. The number of nitrogens with zero attached hydrogens (tertiary/aromatic N) is 4. The Morgan fingerprint density at radius 2 is 1.79 bits per heavy atom. The average molecular weight is 466 g/mol. The number of thioether (sulfide) groups is 1. The molecule has 1 aromatic heterocycles. The van der Waals surface area contributed by atoms with E-state index in [1.807, 2.05) is 25.1 Å². The van der Waals surface area contributed by atoms with E-state index >= 15 is 0 Å². The van der Waals surface area contributed by atoms with Gasteiger partial charge in [0, 0.05) is 54.4 Å². The third-order valence-corrected chi connectivity index (χ3v) is 6.72. The van der Waals surface area contributed by atoms with E-state index in [2.05, 4.69) is 34.1 Å². The molecule has 0 saturated carbocycles. The van der Waals surface area contributed by atoms with Crippen LogP contribution < -0.4 is 10.2 Å². The maximum absolute atomic E-state index is 13.1. The van der Waals surface area contributed by atoms with Gasteiger partial charge >= 0.3 is 0 Å². The lowest BCUT2D eigenvalue weighted by Crippen LogP contribution is -2.45. The summed E-state index contributed by atoms with van der Waals surface area (Å²) in [4.78, 5) is 26.8. The van der Waals surface area contributed by atoms with Crippen LogP contribution in [0.25, 0.3) is 0 Å². The van der Waals surface area contributed by atoms with E-state index < -0.39 is 0 Å². The number of halogens is 1. The Balaban J connectivity index is 1.44. The smallest absolute Gasteiger partial charge is 0.255 e. The van der Waals surface area contributed by atoms with Gasteiger partial charge in [-0.2, -0.15) is 0 Å². The van der Waals surface area contributed by atoms with Gasteiger partial charge < -0.3 is 15.1 Å². The van der Waals surface area contributed by atoms with Gasteiger partial charge in [-0.25, -0.2) is 14.4 Å². The molecule has 1 amide bonds. The van der Waals surface area contributed by atoms with Crippen LogP contribution in [0.15, 0.2) is 53.7 Å². The van der Waals surface area contributed by atoms with Crippen molar-refractivity contribution in [3.05, 3.63) is 76.7 Å². The molecule has 3 aromatic rings. The Hall–Kier alpha value is -2.97. The number of aryl methyl sites for hydroxylation is 1. The molecule has 0 spiro atoms. The largest absolute Gasteiger partial charge is 0.354 e. The molecule has 0 bridgehead atoms. The van der Waals surface area contributed by atoms with E-state index in [9.17, 15) is 9.18 Å². The van der Waals surface area contributed by atoms with Crippen molar-refractivity contribution in [1.29, 1.82) is 0 Å². The number of likely N-dealkylation sites (N-methyl/N-ethyl adjacent to an activating group) is 1. The standard InChI is InChI=1S/C25H28FN5OS/c1-17-18(2)27-25(29-23(17)31-13-11-30(3)12-14-31)33-16-19-5-4-6-20(15-19)24(32)28-22-9-7-21(26)8-10-22/h4-10,15H,11-14,16H2,1-3H3,(H,28,32). The van der Waals surface area contributed by atoms with Crippen LogP contribution in [0.2, 0.25) is 0 Å². The highest BCUT2D eigenvalue weighted by atomic mass is 32.2. The van der Waals surface area contributed by atoms with E-state index in [-0.39, 0.29) is 11.7 Å². The number of anilines is 2. The van der Waals surface area contributed by atoms with Crippen molar-refractivity contribution < 1.29 is 9.18 Å². The van der Waals surface area contributed by atoms with Gasteiger partial charge in [-0.15, -0.1) is 0 Å². The molecule has 4 rings (SSSR count). The summed E-state index contributed by atoms with van der Waals surface area (Å²) < 4.78 is 13.1. The van der Waals surface area contributed by atoms with Crippen molar-refractivity contribution in [2.75, 3.05) is 43.4 Å². The van der Waals surface area contributed by atoms with Crippen LogP contribution in [-0.4, -0.2) is 54.0 Å². The van der Waals surface area contributed by atoms with Crippen LogP contribution in [0.4, 0.5) is 15.9 Å². The molecule has 172 valence electrons. The number of carbonyl (C=O) groups excluding carboxylic acids is 1. The molecule has 0 aliphatic carbocycles. The fourth-order valence-electron chi connectivity index (χ4n) is 3.67. The molecule has 8 heteroatoms. The van der Waals surface area contributed by atoms with Crippen molar-refractivity contribution in [2.24, 2.45) is 0 Å². The van der Waals surface area contributed by atoms with E-state index in [4.69, 9.17) is 4.98 Å². The summed E-state index contributed by atoms with van der Waals surface area (Å²) in [6.07, 6.45) is 0. The molecule has 6 nitrogen and oxygen atoms in total. The fourth-order valence-corrected chi connectivity index (χ4v) is 4.49. The Morgan fingerprint density at radius 3 is 2.52 bits per heavy atom. The minimum Gasteiger partial charge on any atom is -0.354 e. The van der Waals surface area contributed by atoms with Crippen molar-refractivity contribution in [1.82, 2.24) is 14.9 Å². The first-order valence-electron chi connectivity index (χ1n) is 11.0. The van der Waals surface area contributed by atoms with Crippen LogP contribution in [0.5, 0.6) is 0 Å².